The number of thiophene rings is 1. The van der Waals surface area contributed by atoms with E-state index in [0.717, 1.165) is 23.1 Å². The van der Waals surface area contributed by atoms with Crippen molar-refractivity contribution in [3.63, 3.8) is 0 Å². The molecule has 1 aliphatic heterocycles. The molecular formula is C25H28ClN3O2S. The summed E-state index contributed by atoms with van der Waals surface area (Å²) in [6.45, 7) is 6.76. The van der Waals surface area contributed by atoms with E-state index in [1.165, 1.54) is 6.42 Å². The molecule has 168 valence electrons. The fraction of sp³-hybridized carbons (Fsp3) is 0.440. The number of halogens is 1. The maximum atomic E-state index is 13.9. The fourth-order valence-electron chi connectivity index (χ4n) is 5.32. The highest BCUT2D eigenvalue weighted by Gasteiger charge is 2.49. The van der Waals surface area contributed by atoms with Crippen LogP contribution in [0.4, 0.5) is 5.69 Å². The Morgan fingerprint density at radius 2 is 1.94 bits per heavy atom. The van der Waals surface area contributed by atoms with Gasteiger partial charge in [0.15, 0.2) is 0 Å². The first kappa shape index (κ1) is 21.5. The van der Waals surface area contributed by atoms with Gasteiger partial charge in [0.2, 0.25) is 5.91 Å². The number of carbonyl (C=O) groups excluding carboxylic acids is 2. The zero-order chi connectivity index (χ0) is 22.6. The smallest absolute Gasteiger partial charge is 0.275 e. The molecule has 32 heavy (non-hydrogen) atoms. The van der Waals surface area contributed by atoms with Crippen molar-refractivity contribution >= 4 is 50.7 Å². The zero-order valence-electron chi connectivity index (χ0n) is 18.6. The maximum Gasteiger partial charge on any atom is 0.275 e. The third kappa shape index (κ3) is 3.35. The van der Waals surface area contributed by atoms with Gasteiger partial charge in [-0.25, -0.2) is 0 Å². The number of hydrogen-bond donors (Lipinski definition) is 1. The van der Waals surface area contributed by atoms with Crippen LogP contribution in [0.1, 0.15) is 50.5 Å². The van der Waals surface area contributed by atoms with Gasteiger partial charge in [0.1, 0.15) is 11.2 Å². The first-order chi connectivity index (χ1) is 15.3. The van der Waals surface area contributed by atoms with Crippen molar-refractivity contribution in [1.29, 1.82) is 0 Å². The Morgan fingerprint density at radius 1 is 1.19 bits per heavy atom. The van der Waals surface area contributed by atoms with E-state index in [9.17, 15) is 9.59 Å². The second-order valence-electron chi connectivity index (χ2n) is 9.52. The molecule has 4 unspecified atom stereocenters. The van der Waals surface area contributed by atoms with Gasteiger partial charge in [-0.2, -0.15) is 0 Å². The van der Waals surface area contributed by atoms with Crippen molar-refractivity contribution in [3.05, 3.63) is 52.5 Å². The number of carbonyl (C=O) groups is 2. The summed E-state index contributed by atoms with van der Waals surface area (Å²) in [7, 11) is 0. The molecule has 2 amide bonds. The number of anilines is 1. The van der Waals surface area contributed by atoms with Crippen LogP contribution in [0.3, 0.4) is 0 Å². The number of benzene rings is 1. The van der Waals surface area contributed by atoms with Gasteiger partial charge in [0.05, 0.1) is 16.8 Å². The molecule has 2 aliphatic rings. The van der Waals surface area contributed by atoms with Gasteiger partial charge in [-0.1, -0.05) is 38.3 Å². The second kappa shape index (κ2) is 7.92. The summed E-state index contributed by atoms with van der Waals surface area (Å²) in [6, 6.07) is 11.2. The number of nitrogens with one attached hydrogen (secondary N) is 1. The lowest BCUT2D eigenvalue weighted by Crippen LogP contribution is -2.66. The van der Waals surface area contributed by atoms with E-state index in [4.69, 9.17) is 11.6 Å². The minimum atomic E-state index is -1.06. The summed E-state index contributed by atoms with van der Waals surface area (Å²) in [5, 5.41) is 5.96. The summed E-state index contributed by atoms with van der Waals surface area (Å²) in [5.74, 6) is 0.716. The predicted molar refractivity (Wildman–Crippen MR) is 131 cm³/mol. The molecule has 1 aliphatic carbocycles. The molecule has 0 bridgehead atoms. The summed E-state index contributed by atoms with van der Waals surface area (Å²) in [4.78, 5) is 29.4. The van der Waals surface area contributed by atoms with Gasteiger partial charge >= 0.3 is 0 Å². The molecule has 7 heteroatoms. The first-order valence-corrected chi connectivity index (χ1v) is 12.5. The summed E-state index contributed by atoms with van der Waals surface area (Å²) < 4.78 is 3.07. The van der Waals surface area contributed by atoms with Crippen LogP contribution in [0.15, 0.2) is 41.8 Å². The van der Waals surface area contributed by atoms with Crippen LogP contribution in [-0.4, -0.2) is 28.0 Å². The lowest BCUT2D eigenvalue weighted by molar-refractivity contribution is -0.128. The van der Waals surface area contributed by atoms with Crippen LogP contribution in [0.2, 0.25) is 5.02 Å². The SMILES string of the molecule is CC1CCCC(NC(=O)C2(C)Cn3c(cc4sccc43)C(=O)N2c2ccc(Cl)cc2)C1C. The third-order valence-electron chi connectivity index (χ3n) is 7.50. The number of fused-ring (bicyclic) bond motifs is 3. The number of amides is 2. The molecule has 0 radical (unpaired) electrons. The molecule has 0 spiro atoms. The molecule has 1 N–H and O–H groups in total. The summed E-state index contributed by atoms with van der Waals surface area (Å²) >= 11 is 7.72. The quantitative estimate of drug-likeness (QED) is 0.533. The lowest BCUT2D eigenvalue weighted by Gasteiger charge is -2.45. The second-order valence-corrected chi connectivity index (χ2v) is 10.9. The van der Waals surface area contributed by atoms with E-state index in [1.54, 1.807) is 28.4 Å². The average molecular weight is 470 g/mol. The van der Waals surface area contributed by atoms with Crippen LogP contribution < -0.4 is 10.2 Å². The van der Waals surface area contributed by atoms with Gasteiger partial charge in [-0.05, 0) is 67.0 Å². The highest BCUT2D eigenvalue weighted by molar-refractivity contribution is 7.17. The molecule has 2 aromatic heterocycles. The molecule has 1 aromatic carbocycles. The van der Waals surface area contributed by atoms with Crippen molar-refractivity contribution < 1.29 is 9.59 Å². The van der Waals surface area contributed by atoms with E-state index in [0.29, 0.717) is 34.8 Å². The Hall–Kier alpha value is -2.31. The standard InChI is InChI=1S/C25H28ClN3O2S/c1-15-5-4-6-19(16(15)2)27-24(31)25(3)14-28-20-11-12-32-22(20)13-21(28)23(30)29(25)18-9-7-17(26)8-10-18/h7-13,15-16,19H,4-6,14H2,1-3H3,(H,27,31). The van der Waals surface area contributed by atoms with Gasteiger partial charge in [0.25, 0.3) is 5.91 Å². The van der Waals surface area contributed by atoms with E-state index in [1.807, 2.05) is 41.1 Å². The van der Waals surface area contributed by atoms with Crippen molar-refractivity contribution in [1.82, 2.24) is 9.88 Å². The van der Waals surface area contributed by atoms with Crippen molar-refractivity contribution in [3.8, 4) is 0 Å². The van der Waals surface area contributed by atoms with Crippen molar-refractivity contribution in [2.24, 2.45) is 11.8 Å². The molecule has 3 heterocycles. The highest BCUT2D eigenvalue weighted by atomic mass is 35.5. The molecule has 5 nitrogen and oxygen atoms in total. The fourth-order valence-corrected chi connectivity index (χ4v) is 6.27. The van der Waals surface area contributed by atoms with Gasteiger partial charge in [-0.15, -0.1) is 11.3 Å². The monoisotopic (exact) mass is 469 g/mol. The number of rotatable bonds is 3. The zero-order valence-corrected chi connectivity index (χ0v) is 20.2. The summed E-state index contributed by atoms with van der Waals surface area (Å²) in [6.07, 6.45) is 3.29. The van der Waals surface area contributed by atoms with E-state index < -0.39 is 5.54 Å². The van der Waals surface area contributed by atoms with Gasteiger partial charge in [0, 0.05) is 16.8 Å². The molecule has 1 fully saturated rings. The van der Waals surface area contributed by atoms with Crippen LogP contribution in [0.25, 0.3) is 10.2 Å². The molecule has 1 saturated carbocycles. The third-order valence-corrected chi connectivity index (χ3v) is 8.61. The van der Waals surface area contributed by atoms with E-state index >= 15 is 0 Å². The first-order valence-electron chi connectivity index (χ1n) is 11.3. The van der Waals surface area contributed by atoms with E-state index in [2.05, 4.69) is 19.2 Å². The van der Waals surface area contributed by atoms with Crippen LogP contribution >= 0.6 is 22.9 Å². The Morgan fingerprint density at radius 3 is 2.69 bits per heavy atom. The highest BCUT2D eigenvalue weighted by Crippen LogP contribution is 2.38. The van der Waals surface area contributed by atoms with Crippen molar-refractivity contribution in [2.45, 2.75) is 58.2 Å². The number of hydrogen-bond acceptors (Lipinski definition) is 3. The van der Waals surface area contributed by atoms with Crippen LogP contribution in [0, 0.1) is 11.8 Å². The van der Waals surface area contributed by atoms with Crippen LogP contribution in [-0.2, 0) is 11.3 Å². The summed E-state index contributed by atoms with van der Waals surface area (Å²) in [5.41, 5.74) is 1.24. The minimum Gasteiger partial charge on any atom is -0.351 e. The lowest BCUT2D eigenvalue weighted by atomic mass is 9.77. The van der Waals surface area contributed by atoms with Gasteiger partial charge < -0.3 is 9.88 Å². The molecule has 0 saturated heterocycles. The Kier molecular flexibility index (Phi) is 5.33. The van der Waals surface area contributed by atoms with Crippen molar-refractivity contribution in [2.75, 3.05) is 4.90 Å². The molecular weight excluding hydrogens is 442 g/mol. The normalized spacial score (nSPS) is 28.1. The largest absolute Gasteiger partial charge is 0.351 e. The van der Waals surface area contributed by atoms with Crippen LogP contribution in [0.5, 0.6) is 0 Å². The topological polar surface area (TPSA) is 54.3 Å². The Balaban J connectivity index is 1.57. The number of nitrogens with zero attached hydrogens (tertiary/aromatic N) is 2. The predicted octanol–water partition coefficient (Wildman–Crippen LogP) is 5.72. The maximum absolute atomic E-state index is 13.9. The molecule has 3 aromatic rings. The molecule has 5 rings (SSSR count). The molecule has 4 atom stereocenters. The van der Waals surface area contributed by atoms with Gasteiger partial charge in [-0.3, -0.25) is 14.5 Å². The number of aromatic nitrogens is 1. The average Bonchev–Trinajstić information content (AvgIpc) is 3.35. The Labute approximate surface area is 197 Å². The van der Waals surface area contributed by atoms with E-state index in [-0.39, 0.29) is 17.9 Å². The Bertz CT molecular complexity index is 1180. The minimum absolute atomic E-state index is 0.102.